The molecule has 5 heteroatoms. The van der Waals surface area contributed by atoms with Crippen LogP contribution in [0.1, 0.15) is 35.1 Å². The number of ether oxygens (including phenoxy) is 1. The molecule has 2 aromatic rings. The van der Waals surface area contributed by atoms with Crippen molar-refractivity contribution in [1.29, 1.82) is 0 Å². The molecule has 1 aliphatic heterocycles. The number of amides is 1. The maximum Gasteiger partial charge on any atom is 0.265 e. The number of aryl methyl sites for hydroxylation is 1. The van der Waals surface area contributed by atoms with E-state index in [-0.39, 0.29) is 5.91 Å². The average Bonchev–Trinajstić information content (AvgIpc) is 3.02. The number of hydrogen-bond acceptors (Lipinski definition) is 4. The zero-order valence-corrected chi connectivity index (χ0v) is 15.1. The summed E-state index contributed by atoms with van der Waals surface area (Å²) in [5.74, 6) is 0.567. The van der Waals surface area contributed by atoms with Crippen molar-refractivity contribution in [2.75, 3.05) is 26.3 Å². The second-order valence-corrected chi connectivity index (χ2v) is 7.22. The number of carbonyl (C=O) groups excluding carboxylic acids is 1. The minimum atomic E-state index is 0.119. The van der Waals surface area contributed by atoms with Gasteiger partial charge in [-0.3, -0.25) is 4.79 Å². The summed E-state index contributed by atoms with van der Waals surface area (Å²) in [6.45, 7) is 7.04. The number of nitrogens with zero attached hydrogens (tertiary/aromatic N) is 2. The van der Waals surface area contributed by atoms with Crippen LogP contribution >= 0.6 is 11.3 Å². The number of carbonyl (C=O) groups is 1. The number of thiazole rings is 1. The van der Waals surface area contributed by atoms with Gasteiger partial charge in [0.15, 0.2) is 0 Å². The number of likely N-dealkylation sites (tertiary alicyclic amines) is 1. The minimum absolute atomic E-state index is 0.119. The largest absolute Gasteiger partial charge is 0.381 e. The van der Waals surface area contributed by atoms with Crippen LogP contribution in [0.5, 0.6) is 0 Å². The first-order valence-electron chi connectivity index (χ1n) is 8.59. The molecule has 0 N–H and O–H groups in total. The first-order chi connectivity index (χ1) is 11.7. The van der Waals surface area contributed by atoms with Crippen molar-refractivity contribution in [3.8, 4) is 10.6 Å². The number of rotatable bonds is 5. The van der Waals surface area contributed by atoms with Crippen molar-refractivity contribution in [1.82, 2.24) is 9.88 Å². The predicted molar refractivity (Wildman–Crippen MR) is 97.4 cm³/mol. The highest BCUT2D eigenvalue weighted by Gasteiger charge is 2.27. The third-order valence-electron chi connectivity index (χ3n) is 4.38. The molecular weight excluding hydrogens is 320 g/mol. The van der Waals surface area contributed by atoms with E-state index >= 15 is 0 Å². The van der Waals surface area contributed by atoms with Crippen LogP contribution in [-0.4, -0.2) is 42.1 Å². The Hall–Kier alpha value is -1.72. The Balaban J connectivity index is 1.74. The van der Waals surface area contributed by atoms with Crippen LogP contribution in [0.15, 0.2) is 30.3 Å². The number of aromatic nitrogens is 1. The van der Waals surface area contributed by atoms with E-state index in [1.165, 1.54) is 11.3 Å². The van der Waals surface area contributed by atoms with E-state index in [1.807, 2.05) is 49.1 Å². The van der Waals surface area contributed by atoms with E-state index in [4.69, 9.17) is 4.74 Å². The van der Waals surface area contributed by atoms with Gasteiger partial charge >= 0.3 is 0 Å². The molecule has 1 aliphatic rings. The molecule has 0 spiro atoms. The van der Waals surface area contributed by atoms with Crippen LogP contribution in [0.25, 0.3) is 10.6 Å². The maximum atomic E-state index is 12.9. The van der Waals surface area contributed by atoms with Crippen LogP contribution in [0.4, 0.5) is 0 Å². The van der Waals surface area contributed by atoms with Gasteiger partial charge in [-0.1, -0.05) is 30.3 Å². The Bertz CT molecular complexity index is 684. The van der Waals surface area contributed by atoms with E-state index in [0.717, 1.165) is 60.3 Å². The number of benzene rings is 1. The smallest absolute Gasteiger partial charge is 0.265 e. The van der Waals surface area contributed by atoms with Gasteiger partial charge in [-0.25, -0.2) is 4.98 Å². The lowest BCUT2D eigenvalue weighted by molar-refractivity contribution is 0.0504. The summed E-state index contributed by atoms with van der Waals surface area (Å²) in [4.78, 5) is 20.3. The Morgan fingerprint density at radius 2 is 2.17 bits per heavy atom. The normalized spacial score (nSPS) is 17.9. The van der Waals surface area contributed by atoms with Gasteiger partial charge in [0.05, 0.1) is 12.3 Å². The average molecular weight is 344 g/mol. The second kappa shape index (κ2) is 7.90. The van der Waals surface area contributed by atoms with E-state index in [2.05, 4.69) is 4.98 Å². The molecule has 0 saturated carbocycles. The van der Waals surface area contributed by atoms with Gasteiger partial charge in [0.25, 0.3) is 5.91 Å². The van der Waals surface area contributed by atoms with Crippen LogP contribution in [0, 0.1) is 12.8 Å². The fourth-order valence-corrected chi connectivity index (χ4v) is 4.15. The van der Waals surface area contributed by atoms with Crippen LogP contribution < -0.4 is 0 Å². The standard InChI is InChI=1S/C19H24N2O2S/c1-3-23-13-15-8-7-11-21(12-15)19(22)17-14(2)20-18(24-17)16-9-5-4-6-10-16/h4-6,9-10,15H,3,7-8,11-13H2,1-2H3. The SMILES string of the molecule is CCOCC1CCCN(C(=O)c2sc(-c3ccccc3)nc2C)C1. The second-order valence-electron chi connectivity index (χ2n) is 6.22. The van der Waals surface area contributed by atoms with Crippen molar-refractivity contribution in [3.63, 3.8) is 0 Å². The molecule has 128 valence electrons. The molecule has 3 rings (SSSR count). The van der Waals surface area contributed by atoms with Gasteiger partial charge in [0.1, 0.15) is 9.88 Å². The Kier molecular flexibility index (Phi) is 5.63. The maximum absolute atomic E-state index is 12.9. The molecule has 1 amide bonds. The van der Waals surface area contributed by atoms with E-state index in [0.29, 0.717) is 5.92 Å². The summed E-state index contributed by atoms with van der Waals surface area (Å²) < 4.78 is 5.54. The quantitative estimate of drug-likeness (QED) is 0.823. The van der Waals surface area contributed by atoms with Crippen molar-refractivity contribution < 1.29 is 9.53 Å². The fraction of sp³-hybridized carbons (Fsp3) is 0.474. The predicted octanol–water partition coefficient (Wildman–Crippen LogP) is 4.01. The molecular formula is C19H24N2O2S. The molecule has 1 aromatic heterocycles. The molecule has 2 heterocycles. The summed E-state index contributed by atoms with van der Waals surface area (Å²) in [5, 5.41) is 0.916. The van der Waals surface area contributed by atoms with Crippen LogP contribution in [0.2, 0.25) is 0 Å². The first-order valence-corrected chi connectivity index (χ1v) is 9.40. The van der Waals surface area contributed by atoms with Gasteiger partial charge in [0.2, 0.25) is 0 Å². The Labute approximate surface area is 147 Å². The highest BCUT2D eigenvalue weighted by Crippen LogP contribution is 2.29. The van der Waals surface area contributed by atoms with E-state index < -0.39 is 0 Å². The topological polar surface area (TPSA) is 42.4 Å². The minimum Gasteiger partial charge on any atom is -0.381 e. The lowest BCUT2D eigenvalue weighted by Gasteiger charge is -2.32. The summed E-state index contributed by atoms with van der Waals surface area (Å²) in [6.07, 6.45) is 2.19. The third kappa shape index (κ3) is 3.84. The van der Waals surface area contributed by atoms with Gasteiger partial charge in [0, 0.05) is 25.3 Å². The van der Waals surface area contributed by atoms with Gasteiger partial charge in [-0.15, -0.1) is 11.3 Å². The number of hydrogen-bond donors (Lipinski definition) is 0. The molecule has 1 atom stereocenters. The summed E-state index contributed by atoms with van der Waals surface area (Å²) in [6, 6.07) is 10.0. The fourth-order valence-electron chi connectivity index (χ4n) is 3.11. The molecule has 24 heavy (non-hydrogen) atoms. The monoisotopic (exact) mass is 344 g/mol. The van der Waals surface area contributed by atoms with Crippen LogP contribution in [-0.2, 0) is 4.74 Å². The van der Waals surface area contributed by atoms with Crippen molar-refractivity contribution in [2.24, 2.45) is 5.92 Å². The molecule has 0 aliphatic carbocycles. The summed E-state index contributed by atoms with van der Waals surface area (Å²) >= 11 is 1.50. The zero-order chi connectivity index (χ0) is 16.9. The van der Waals surface area contributed by atoms with Gasteiger partial charge in [-0.05, 0) is 32.6 Å². The lowest BCUT2D eigenvalue weighted by Crippen LogP contribution is -2.41. The highest BCUT2D eigenvalue weighted by atomic mass is 32.1. The molecule has 4 nitrogen and oxygen atoms in total. The number of piperidine rings is 1. The molecule has 1 fully saturated rings. The van der Waals surface area contributed by atoms with Crippen molar-refractivity contribution in [3.05, 3.63) is 40.9 Å². The van der Waals surface area contributed by atoms with E-state index in [1.54, 1.807) is 0 Å². The summed E-state index contributed by atoms with van der Waals surface area (Å²) in [5.41, 5.74) is 1.90. The van der Waals surface area contributed by atoms with Gasteiger partial charge in [-0.2, -0.15) is 0 Å². The molecule has 1 aromatic carbocycles. The molecule has 0 bridgehead atoms. The molecule has 0 radical (unpaired) electrons. The zero-order valence-electron chi connectivity index (χ0n) is 14.3. The van der Waals surface area contributed by atoms with Crippen molar-refractivity contribution >= 4 is 17.2 Å². The highest BCUT2D eigenvalue weighted by molar-refractivity contribution is 7.17. The van der Waals surface area contributed by atoms with E-state index in [9.17, 15) is 4.79 Å². The third-order valence-corrected chi connectivity index (χ3v) is 5.57. The van der Waals surface area contributed by atoms with Crippen molar-refractivity contribution in [2.45, 2.75) is 26.7 Å². The molecule has 1 unspecified atom stereocenters. The lowest BCUT2D eigenvalue weighted by atomic mass is 9.99. The Morgan fingerprint density at radius 3 is 2.92 bits per heavy atom. The first kappa shape index (κ1) is 17.1. The molecule has 1 saturated heterocycles. The van der Waals surface area contributed by atoms with Gasteiger partial charge < -0.3 is 9.64 Å². The Morgan fingerprint density at radius 1 is 1.38 bits per heavy atom. The van der Waals surface area contributed by atoms with Crippen LogP contribution in [0.3, 0.4) is 0 Å². The summed E-state index contributed by atoms with van der Waals surface area (Å²) in [7, 11) is 0.